The Morgan fingerprint density at radius 3 is 2.89 bits per heavy atom. The standard InChI is InChI=1S/C12H17N3O3/c1-8-3-4-11(15(17)18)12(13-8)14-6-5-10(7-14)9(2)16/h3-4,9-10,16H,5-7H2,1-2H3. The number of nitrogens with zero attached hydrogens (tertiary/aromatic N) is 3. The summed E-state index contributed by atoms with van der Waals surface area (Å²) in [5.41, 5.74) is 0.794. The summed E-state index contributed by atoms with van der Waals surface area (Å²) in [7, 11) is 0. The summed E-state index contributed by atoms with van der Waals surface area (Å²) < 4.78 is 0. The third-order valence-corrected chi connectivity index (χ3v) is 3.40. The number of aliphatic hydroxyl groups excluding tert-OH is 1. The summed E-state index contributed by atoms with van der Waals surface area (Å²) in [6, 6.07) is 3.14. The third kappa shape index (κ3) is 2.43. The number of pyridine rings is 1. The Balaban J connectivity index is 2.28. The van der Waals surface area contributed by atoms with Gasteiger partial charge in [-0.25, -0.2) is 4.98 Å². The van der Waals surface area contributed by atoms with Crippen LogP contribution in [0.4, 0.5) is 11.5 Å². The van der Waals surface area contributed by atoms with Gasteiger partial charge in [0.15, 0.2) is 0 Å². The second kappa shape index (κ2) is 4.89. The van der Waals surface area contributed by atoms with E-state index in [0.29, 0.717) is 18.9 Å². The zero-order valence-corrected chi connectivity index (χ0v) is 10.5. The van der Waals surface area contributed by atoms with Gasteiger partial charge in [-0.3, -0.25) is 10.1 Å². The molecule has 98 valence electrons. The fourth-order valence-corrected chi connectivity index (χ4v) is 2.28. The molecule has 6 nitrogen and oxygen atoms in total. The minimum Gasteiger partial charge on any atom is -0.393 e. The van der Waals surface area contributed by atoms with Gasteiger partial charge < -0.3 is 10.0 Å². The first-order valence-electron chi connectivity index (χ1n) is 6.04. The van der Waals surface area contributed by atoms with Crippen LogP contribution in [-0.4, -0.2) is 34.2 Å². The number of aryl methyl sites for hydroxylation is 1. The molecule has 0 radical (unpaired) electrons. The lowest BCUT2D eigenvalue weighted by molar-refractivity contribution is -0.384. The second-order valence-electron chi connectivity index (χ2n) is 4.79. The van der Waals surface area contributed by atoms with E-state index in [1.165, 1.54) is 6.07 Å². The average molecular weight is 251 g/mol. The topological polar surface area (TPSA) is 79.5 Å². The van der Waals surface area contributed by atoms with Gasteiger partial charge in [-0.2, -0.15) is 0 Å². The summed E-state index contributed by atoms with van der Waals surface area (Å²) in [5, 5.41) is 20.6. The predicted octanol–water partition coefficient (Wildman–Crippen LogP) is 1.51. The van der Waals surface area contributed by atoms with Crippen molar-refractivity contribution in [3.05, 3.63) is 27.9 Å². The minimum absolute atomic E-state index is 0.0341. The Labute approximate surface area is 105 Å². The van der Waals surface area contributed by atoms with E-state index >= 15 is 0 Å². The zero-order chi connectivity index (χ0) is 13.3. The highest BCUT2D eigenvalue weighted by molar-refractivity contribution is 5.58. The van der Waals surface area contributed by atoms with E-state index in [0.717, 1.165) is 12.1 Å². The summed E-state index contributed by atoms with van der Waals surface area (Å²) >= 11 is 0. The fraction of sp³-hybridized carbons (Fsp3) is 0.583. The molecule has 1 aliphatic rings. The molecule has 18 heavy (non-hydrogen) atoms. The van der Waals surface area contributed by atoms with Crippen molar-refractivity contribution in [2.24, 2.45) is 5.92 Å². The number of rotatable bonds is 3. The Morgan fingerprint density at radius 1 is 1.61 bits per heavy atom. The Kier molecular flexibility index (Phi) is 3.47. The second-order valence-corrected chi connectivity index (χ2v) is 4.79. The fourth-order valence-electron chi connectivity index (χ4n) is 2.28. The summed E-state index contributed by atoms with van der Waals surface area (Å²) in [6.45, 7) is 4.89. The van der Waals surface area contributed by atoms with Crippen molar-refractivity contribution >= 4 is 11.5 Å². The average Bonchev–Trinajstić information content (AvgIpc) is 2.77. The SMILES string of the molecule is Cc1ccc([N+](=O)[O-])c(N2CCC(C(C)O)C2)n1. The zero-order valence-electron chi connectivity index (χ0n) is 10.5. The summed E-state index contributed by atoms with van der Waals surface area (Å²) in [6.07, 6.45) is 0.448. The molecule has 0 bridgehead atoms. The highest BCUT2D eigenvalue weighted by atomic mass is 16.6. The monoisotopic (exact) mass is 251 g/mol. The molecule has 0 spiro atoms. The van der Waals surface area contributed by atoms with E-state index in [4.69, 9.17) is 0 Å². The van der Waals surface area contributed by atoms with Crippen molar-refractivity contribution in [2.75, 3.05) is 18.0 Å². The smallest absolute Gasteiger partial charge is 0.311 e. The van der Waals surface area contributed by atoms with Crippen LogP contribution in [0.15, 0.2) is 12.1 Å². The van der Waals surface area contributed by atoms with E-state index in [1.807, 2.05) is 11.8 Å². The molecule has 2 heterocycles. The molecular weight excluding hydrogens is 234 g/mol. The number of aliphatic hydroxyl groups is 1. The molecule has 2 unspecified atom stereocenters. The van der Waals surface area contributed by atoms with E-state index in [1.54, 1.807) is 13.0 Å². The van der Waals surface area contributed by atoms with Crippen LogP contribution in [-0.2, 0) is 0 Å². The van der Waals surface area contributed by atoms with Gasteiger partial charge in [-0.15, -0.1) is 0 Å². The maximum absolute atomic E-state index is 11.0. The van der Waals surface area contributed by atoms with Gasteiger partial charge in [-0.1, -0.05) is 0 Å². The predicted molar refractivity (Wildman–Crippen MR) is 67.6 cm³/mol. The van der Waals surface area contributed by atoms with Crippen molar-refractivity contribution < 1.29 is 10.0 Å². The normalized spacial score (nSPS) is 21.1. The Bertz CT molecular complexity index is 462. The lowest BCUT2D eigenvalue weighted by Gasteiger charge is -2.18. The van der Waals surface area contributed by atoms with Crippen LogP contribution in [0.2, 0.25) is 0 Å². The summed E-state index contributed by atoms with van der Waals surface area (Å²) in [4.78, 5) is 16.8. The number of hydrogen-bond acceptors (Lipinski definition) is 5. The first-order chi connectivity index (χ1) is 8.49. The van der Waals surface area contributed by atoms with Crippen LogP contribution >= 0.6 is 0 Å². The number of aromatic nitrogens is 1. The maximum atomic E-state index is 11.0. The molecule has 1 saturated heterocycles. The molecule has 1 aromatic heterocycles. The lowest BCUT2D eigenvalue weighted by Crippen LogP contribution is -2.25. The molecule has 0 saturated carbocycles. The summed E-state index contributed by atoms with van der Waals surface area (Å²) in [5.74, 6) is 0.579. The molecule has 0 amide bonds. The molecule has 1 N–H and O–H groups in total. The van der Waals surface area contributed by atoms with Gasteiger partial charge in [0, 0.05) is 30.8 Å². The molecule has 1 aromatic rings. The van der Waals surface area contributed by atoms with Crippen molar-refractivity contribution in [3.63, 3.8) is 0 Å². The quantitative estimate of drug-likeness (QED) is 0.650. The first kappa shape index (κ1) is 12.8. The van der Waals surface area contributed by atoms with Crippen molar-refractivity contribution in [3.8, 4) is 0 Å². The molecule has 0 aromatic carbocycles. The van der Waals surface area contributed by atoms with Crippen molar-refractivity contribution in [1.82, 2.24) is 4.98 Å². The number of anilines is 1. The highest BCUT2D eigenvalue weighted by Gasteiger charge is 2.30. The molecule has 1 aliphatic heterocycles. The van der Waals surface area contributed by atoms with E-state index < -0.39 is 4.92 Å². The largest absolute Gasteiger partial charge is 0.393 e. The van der Waals surface area contributed by atoms with E-state index in [2.05, 4.69) is 4.98 Å². The molecular formula is C12H17N3O3. The molecule has 1 fully saturated rings. The minimum atomic E-state index is -0.405. The molecule has 2 rings (SSSR count). The number of nitro groups is 1. The van der Waals surface area contributed by atoms with Gasteiger partial charge in [0.1, 0.15) is 0 Å². The van der Waals surface area contributed by atoms with Crippen LogP contribution in [0, 0.1) is 23.0 Å². The first-order valence-corrected chi connectivity index (χ1v) is 6.04. The van der Waals surface area contributed by atoms with Crippen molar-refractivity contribution in [1.29, 1.82) is 0 Å². The third-order valence-electron chi connectivity index (χ3n) is 3.40. The van der Waals surface area contributed by atoms with E-state index in [9.17, 15) is 15.2 Å². The van der Waals surface area contributed by atoms with Gasteiger partial charge in [0.25, 0.3) is 0 Å². The van der Waals surface area contributed by atoms with Crippen LogP contribution in [0.25, 0.3) is 0 Å². The lowest BCUT2D eigenvalue weighted by atomic mass is 10.0. The van der Waals surface area contributed by atoms with Gasteiger partial charge in [-0.05, 0) is 26.3 Å². The van der Waals surface area contributed by atoms with Gasteiger partial charge >= 0.3 is 5.69 Å². The maximum Gasteiger partial charge on any atom is 0.311 e. The molecule has 0 aliphatic carbocycles. The van der Waals surface area contributed by atoms with Crippen LogP contribution < -0.4 is 4.90 Å². The van der Waals surface area contributed by atoms with Crippen LogP contribution in [0.5, 0.6) is 0 Å². The number of hydrogen-bond donors (Lipinski definition) is 1. The highest BCUT2D eigenvalue weighted by Crippen LogP contribution is 2.31. The Morgan fingerprint density at radius 2 is 2.33 bits per heavy atom. The van der Waals surface area contributed by atoms with Crippen molar-refractivity contribution in [2.45, 2.75) is 26.4 Å². The van der Waals surface area contributed by atoms with Crippen LogP contribution in [0.1, 0.15) is 19.0 Å². The van der Waals surface area contributed by atoms with Crippen LogP contribution in [0.3, 0.4) is 0 Å². The Hall–Kier alpha value is -1.69. The van der Waals surface area contributed by atoms with Gasteiger partial charge in [0.05, 0.1) is 11.0 Å². The molecule has 6 heteroatoms. The van der Waals surface area contributed by atoms with E-state index in [-0.39, 0.29) is 17.7 Å². The molecule has 2 atom stereocenters. The van der Waals surface area contributed by atoms with Gasteiger partial charge in [0.2, 0.25) is 5.82 Å².